The second kappa shape index (κ2) is 14.0. The Morgan fingerprint density at radius 2 is 1.56 bits per heavy atom. The molecule has 7 heteroatoms. The number of carbonyl (C=O) groups is 2. The quantitative estimate of drug-likeness (QED) is 0.499. The summed E-state index contributed by atoms with van der Waals surface area (Å²) in [5.74, 6) is 1.01. The first-order valence-corrected chi connectivity index (χ1v) is 13.6. The van der Waals surface area contributed by atoms with E-state index < -0.39 is 6.04 Å². The predicted octanol–water partition coefficient (Wildman–Crippen LogP) is 3.38. The van der Waals surface area contributed by atoms with Gasteiger partial charge >= 0.3 is 6.03 Å². The number of piperazine rings is 1. The van der Waals surface area contributed by atoms with Crippen molar-refractivity contribution in [2.24, 2.45) is 0 Å². The molecule has 1 unspecified atom stereocenters. The van der Waals surface area contributed by atoms with Gasteiger partial charge in [0.2, 0.25) is 5.91 Å². The third-order valence-corrected chi connectivity index (χ3v) is 6.97. The number of hydrogen-bond donors (Lipinski definition) is 1. The number of thioether (sulfide) groups is 1. The van der Waals surface area contributed by atoms with Crippen molar-refractivity contribution in [3.8, 4) is 0 Å². The maximum atomic E-state index is 13.5. The van der Waals surface area contributed by atoms with E-state index in [1.807, 2.05) is 58.3 Å². The molecule has 0 bridgehead atoms. The summed E-state index contributed by atoms with van der Waals surface area (Å²) in [5, 5.41) is 3.11. The van der Waals surface area contributed by atoms with Gasteiger partial charge in [-0.05, 0) is 43.0 Å². The van der Waals surface area contributed by atoms with Gasteiger partial charge < -0.3 is 20.0 Å². The molecule has 0 saturated carbocycles. The highest BCUT2D eigenvalue weighted by Crippen LogP contribution is 2.11. The largest absolute Gasteiger partial charge is 0.338 e. The van der Waals surface area contributed by atoms with Crippen LogP contribution in [0.25, 0.3) is 0 Å². The minimum Gasteiger partial charge on any atom is -0.338 e. The summed E-state index contributed by atoms with van der Waals surface area (Å²) in [6, 6.07) is 19.5. The zero-order valence-corrected chi connectivity index (χ0v) is 21.3. The van der Waals surface area contributed by atoms with Crippen LogP contribution in [0.4, 0.5) is 4.79 Å². The number of urea groups is 1. The number of benzene rings is 2. The molecule has 0 spiro atoms. The van der Waals surface area contributed by atoms with Gasteiger partial charge in [0, 0.05) is 45.7 Å². The second-order valence-electron chi connectivity index (χ2n) is 8.89. The molecule has 3 amide bonds. The van der Waals surface area contributed by atoms with Crippen LogP contribution in [0, 0.1) is 0 Å². The average Bonchev–Trinajstić information content (AvgIpc) is 2.87. The van der Waals surface area contributed by atoms with Crippen LogP contribution in [0.5, 0.6) is 0 Å². The summed E-state index contributed by atoms with van der Waals surface area (Å²) in [5.41, 5.74) is 2.26. The smallest absolute Gasteiger partial charge is 0.318 e. The van der Waals surface area contributed by atoms with E-state index in [1.165, 1.54) is 5.56 Å². The van der Waals surface area contributed by atoms with Crippen LogP contribution in [0.2, 0.25) is 0 Å². The number of nitrogens with one attached hydrogen (secondary N) is 1. The van der Waals surface area contributed by atoms with E-state index in [9.17, 15) is 9.59 Å². The fourth-order valence-corrected chi connectivity index (χ4v) is 4.58. The number of likely N-dealkylation sites (N-methyl/N-ethyl adjacent to an activating group) is 1. The lowest BCUT2D eigenvalue weighted by atomic mass is 10.0. The second-order valence-corrected chi connectivity index (χ2v) is 9.87. The summed E-state index contributed by atoms with van der Waals surface area (Å²) in [6.45, 7) is 4.42. The maximum Gasteiger partial charge on any atom is 0.318 e. The Bertz CT molecular complexity index is 873. The third kappa shape index (κ3) is 8.37. The van der Waals surface area contributed by atoms with Crippen LogP contribution >= 0.6 is 11.8 Å². The van der Waals surface area contributed by atoms with Crippen LogP contribution in [0.1, 0.15) is 17.5 Å². The Morgan fingerprint density at radius 1 is 0.941 bits per heavy atom. The van der Waals surface area contributed by atoms with Gasteiger partial charge in [0.15, 0.2) is 0 Å². The summed E-state index contributed by atoms with van der Waals surface area (Å²) in [7, 11) is 2.07. The van der Waals surface area contributed by atoms with E-state index in [0.717, 1.165) is 37.2 Å². The third-order valence-electron chi connectivity index (χ3n) is 6.27. The van der Waals surface area contributed by atoms with Gasteiger partial charge in [0.25, 0.3) is 0 Å². The van der Waals surface area contributed by atoms with Gasteiger partial charge in [-0.1, -0.05) is 60.7 Å². The van der Waals surface area contributed by atoms with Crippen molar-refractivity contribution in [2.45, 2.75) is 25.3 Å². The van der Waals surface area contributed by atoms with Gasteiger partial charge in [-0.25, -0.2) is 4.79 Å². The molecule has 34 heavy (non-hydrogen) atoms. The number of nitrogens with zero attached hydrogens (tertiary/aromatic N) is 3. The lowest BCUT2D eigenvalue weighted by molar-refractivity contribution is -0.134. The molecule has 2 aromatic carbocycles. The lowest BCUT2D eigenvalue weighted by Crippen LogP contribution is -2.57. The van der Waals surface area contributed by atoms with Crippen LogP contribution in [-0.2, 0) is 17.6 Å². The Hall–Kier alpha value is -2.51. The molecule has 0 aromatic heterocycles. The molecule has 1 aliphatic heterocycles. The van der Waals surface area contributed by atoms with Crippen LogP contribution in [0.3, 0.4) is 0 Å². The van der Waals surface area contributed by atoms with Crippen molar-refractivity contribution in [1.82, 2.24) is 20.0 Å². The monoisotopic (exact) mass is 482 g/mol. The topological polar surface area (TPSA) is 55.9 Å². The molecule has 1 atom stereocenters. The average molecular weight is 483 g/mol. The van der Waals surface area contributed by atoms with Crippen molar-refractivity contribution in [3.05, 3.63) is 71.8 Å². The van der Waals surface area contributed by atoms with E-state index >= 15 is 0 Å². The summed E-state index contributed by atoms with van der Waals surface area (Å²) < 4.78 is 0. The van der Waals surface area contributed by atoms with E-state index in [-0.39, 0.29) is 11.9 Å². The number of hydrogen-bond acceptors (Lipinski definition) is 4. The molecule has 0 aliphatic carbocycles. The first-order valence-electron chi connectivity index (χ1n) is 12.2. The molecule has 1 aliphatic rings. The van der Waals surface area contributed by atoms with Gasteiger partial charge in [-0.3, -0.25) is 4.79 Å². The van der Waals surface area contributed by atoms with Gasteiger partial charge in [-0.2, -0.15) is 11.8 Å². The van der Waals surface area contributed by atoms with Gasteiger partial charge in [0.05, 0.1) is 0 Å². The maximum absolute atomic E-state index is 13.5. The van der Waals surface area contributed by atoms with Gasteiger partial charge in [0.1, 0.15) is 6.04 Å². The zero-order valence-electron chi connectivity index (χ0n) is 20.5. The van der Waals surface area contributed by atoms with E-state index in [2.05, 4.69) is 35.7 Å². The molecule has 1 fully saturated rings. The van der Waals surface area contributed by atoms with Crippen molar-refractivity contribution >= 4 is 23.7 Å². The van der Waals surface area contributed by atoms with Crippen molar-refractivity contribution in [1.29, 1.82) is 0 Å². The first kappa shape index (κ1) is 26.1. The molecule has 1 heterocycles. The molecule has 0 radical (unpaired) electrons. The summed E-state index contributed by atoms with van der Waals surface area (Å²) in [4.78, 5) is 32.9. The molecule has 1 saturated heterocycles. The van der Waals surface area contributed by atoms with E-state index in [1.54, 1.807) is 11.8 Å². The highest BCUT2D eigenvalue weighted by molar-refractivity contribution is 7.98. The standard InChI is InChI=1S/C27H38N4O2S/c1-29-17-19-30(20-18-29)26(32)25(22-24-12-7-4-8-13-24)28-27(33)31(15-9-21-34-2)16-14-23-10-5-3-6-11-23/h3-8,10-13,25H,9,14-22H2,1-2H3,(H,28,33). The molecular formula is C27H38N4O2S. The predicted molar refractivity (Wildman–Crippen MR) is 141 cm³/mol. The molecule has 184 valence electrons. The fourth-order valence-electron chi connectivity index (χ4n) is 4.16. The molecule has 6 nitrogen and oxygen atoms in total. The number of amides is 3. The van der Waals surface area contributed by atoms with E-state index in [4.69, 9.17) is 0 Å². The molecule has 2 aromatic rings. The zero-order chi connectivity index (χ0) is 24.2. The SMILES string of the molecule is CSCCCN(CCc1ccccc1)C(=O)NC(Cc1ccccc1)C(=O)N1CCN(C)CC1. The number of rotatable bonds is 11. The fraction of sp³-hybridized carbons (Fsp3) is 0.481. The summed E-state index contributed by atoms with van der Waals surface area (Å²) in [6.07, 6.45) is 4.30. The van der Waals surface area contributed by atoms with Crippen molar-refractivity contribution < 1.29 is 9.59 Å². The lowest BCUT2D eigenvalue weighted by Gasteiger charge is -2.35. The minimum atomic E-state index is -0.571. The minimum absolute atomic E-state index is 0.0115. The first-order chi connectivity index (χ1) is 16.6. The molecule has 3 rings (SSSR count). The Balaban J connectivity index is 1.70. The van der Waals surface area contributed by atoms with Crippen LogP contribution in [0.15, 0.2) is 60.7 Å². The highest BCUT2D eigenvalue weighted by Gasteiger charge is 2.29. The van der Waals surface area contributed by atoms with Crippen LogP contribution in [-0.4, -0.2) is 91.0 Å². The Morgan fingerprint density at radius 3 is 2.18 bits per heavy atom. The highest BCUT2D eigenvalue weighted by atomic mass is 32.2. The normalized spacial score (nSPS) is 15.1. The summed E-state index contributed by atoms with van der Waals surface area (Å²) >= 11 is 1.79. The van der Waals surface area contributed by atoms with Crippen molar-refractivity contribution in [3.63, 3.8) is 0 Å². The number of carbonyl (C=O) groups excluding carboxylic acids is 2. The molecule has 1 N–H and O–H groups in total. The Kier molecular flexibility index (Phi) is 10.8. The van der Waals surface area contributed by atoms with Crippen LogP contribution < -0.4 is 5.32 Å². The Labute approximate surface area is 208 Å². The van der Waals surface area contributed by atoms with Gasteiger partial charge in [-0.15, -0.1) is 0 Å². The molecular weight excluding hydrogens is 444 g/mol. The van der Waals surface area contributed by atoms with Crippen molar-refractivity contribution in [2.75, 3.05) is 58.3 Å². The van der Waals surface area contributed by atoms with E-state index in [0.29, 0.717) is 32.6 Å².